The first kappa shape index (κ1) is 34.9. The molecule has 0 radical (unpaired) electrons. The second kappa shape index (κ2) is 14.3. The maximum atomic E-state index is 6.44. The van der Waals surface area contributed by atoms with Crippen molar-refractivity contribution in [1.82, 2.24) is 4.57 Å². The van der Waals surface area contributed by atoms with E-state index in [0.29, 0.717) is 0 Å². The molecule has 0 atom stereocenters. The molecule has 0 fully saturated rings. The lowest BCUT2D eigenvalue weighted by Gasteiger charge is -2.26. The number of para-hydroxylation sites is 4. The SMILES string of the molecule is c1cc(-c2ccc3ccccc3c2)cc(N(c2ccc(-c3cccc(-n4c5ccccc5c5ccccc54)c3)cc2)c2ccc(-c3cccc4c3oc3ccccc34)cc2)c1. The Balaban J connectivity index is 0.946. The van der Waals surface area contributed by atoms with Crippen molar-refractivity contribution in [3.8, 4) is 39.1 Å². The number of benzene rings is 10. The summed E-state index contributed by atoms with van der Waals surface area (Å²) in [6.07, 6.45) is 0. The van der Waals surface area contributed by atoms with Gasteiger partial charge in [-0.15, -0.1) is 0 Å². The molecular weight excluding hydrogens is 741 g/mol. The Hall–Kier alpha value is -8.14. The van der Waals surface area contributed by atoms with Gasteiger partial charge < -0.3 is 13.9 Å². The highest BCUT2D eigenvalue weighted by Gasteiger charge is 2.17. The molecule has 10 aromatic carbocycles. The lowest BCUT2D eigenvalue weighted by molar-refractivity contribution is 0.670. The molecule has 0 unspecified atom stereocenters. The third-order valence-corrected chi connectivity index (χ3v) is 12.2. The van der Waals surface area contributed by atoms with Crippen LogP contribution in [0, 0.1) is 0 Å². The van der Waals surface area contributed by atoms with Crippen LogP contribution in [0.25, 0.3) is 93.6 Å². The molecule has 2 aromatic heterocycles. The molecule has 0 aliphatic carbocycles. The van der Waals surface area contributed by atoms with Gasteiger partial charge in [-0.05, 0) is 111 Å². The average Bonchev–Trinajstić information content (AvgIpc) is 3.88. The van der Waals surface area contributed by atoms with Crippen LogP contribution in [0.4, 0.5) is 17.1 Å². The van der Waals surface area contributed by atoms with E-state index in [2.05, 4.69) is 228 Å². The first-order valence-corrected chi connectivity index (χ1v) is 20.8. The first-order chi connectivity index (χ1) is 30.2. The Morgan fingerprint density at radius 2 is 0.885 bits per heavy atom. The van der Waals surface area contributed by atoms with Gasteiger partial charge >= 0.3 is 0 Å². The van der Waals surface area contributed by atoms with Gasteiger partial charge in [-0.25, -0.2) is 0 Å². The minimum atomic E-state index is 0.904. The standard InChI is InChI=1S/C58H38N2O/c1-2-13-42-36-45(27-26-39(42)12-1)44-15-10-16-48(38-44)59(47-34-30-41(31-35-47)50-21-11-22-54-53-20-5-8-25-57(53)61-58(50)54)46-32-28-40(29-33-46)43-14-9-17-49(37-43)60-55-23-6-3-18-51(55)52-19-4-7-24-56(52)60/h1-38H. The van der Waals surface area contributed by atoms with Gasteiger partial charge in [0.2, 0.25) is 0 Å². The van der Waals surface area contributed by atoms with E-state index in [1.54, 1.807) is 0 Å². The molecule has 12 rings (SSSR count). The van der Waals surface area contributed by atoms with Crippen molar-refractivity contribution in [2.45, 2.75) is 0 Å². The molecule has 286 valence electrons. The van der Waals surface area contributed by atoms with Crippen LogP contribution < -0.4 is 4.90 Å². The van der Waals surface area contributed by atoms with Gasteiger partial charge in [0.05, 0.1) is 11.0 Å². The normalized spacial score (nSPS) is 11.6. The van der Waals surface area contributed by atoms with E-state index in [0.717, 1.165) is 61.4 Å². The van der Waals surface area contributed by atoms with Crippen LogP contribution in [0.3, 0.4) is 0 Å². The number of anilines is 3. The van der Waals surface area contributed by atoms with Gasteiger partial charge in [0.25, 0.3) is 0 Å². The van der Waals surface area contributed by atoms with Crippen LogP contribution in [0.5, 0.6) is 0 Å². The summed E-state index contributed by atoms with van der Waals surface area (Å²) < 4.78 is 8.82. The largest absolute Gasteiger partial charge is 0.455 e. The summed E-state index contributed by atoms with van der Waals surface area (Å²) in [7, 11) is 0. The molecule has 0 saturated heterocycles. The molecular formula is C58H38N2O. The van der Waals surface area contributed by atoms with E-state index in [4.69, 9.17) is 4.42 Å². The number of furan rings is 1. The van der Waals surface area contributed by atoms with Crippen LogP contribution in [0.15, 0.2) is 235 Å². The van der Waals surface area contributed by atoms with E-state index in [1.165, 1.54) is 49.3 Å². The zero-order valence-corrected chi connectivity index (χ0v) is 33.2. The zero-order chi connectivity index (χ0) is 40.3. The molecule has 0 aliphatic rings. The Kier molecular flexibility index (Phi) is 8.17. The van der Waals surface area contributed by atoms with Gasteiger partial charge in [0.15, 0.2) is 0 Å². The fourth-order valence-corrected chi connectivity index (χ4v) is 9.23. The molecule has 0 bridgehead atoms. The smallest absolute Gasteiger partial charge is 0.143 e. The van der Waals surface area contributed by atoms with E-state index in [-0.39, 0.29) is 0 Å². The summed E-state index contributed by atoms with van der Waals surface area (Å²) in [5, 5.41) is 7.26. The average molecular weight is 779 g/mol. The zero-order valence-electron chi connectivity index (χ0n) is 33.2. The van der Waals surface area contributed by atoms with Gasteiger partial charge in [-0.1, -0.05) is 158 Å². The number of hydrogen-bond donors (Lipinski definition) is 0. The number of nitrogens with zero attached hydrogens (tertiary/aromatic N) is 2. The fraction of sp³-hybridized carbons (Fsp3) is 0. The molecule has 0 saturated carbocycles. The highest BCUT2D eigenvalue weighted by atomic mass is 16.3. The molecule has 61 heavy (non-hydrogen) atoms. The Labute approximate surface area is 353 Å². The molecule has 0 amide bonds. The third kappa shape index (κ3) is 5.98. The van der Waals surface area contributed by atoms with E-state index in [1.807, 2.05) is 12.1 Å². The van der Waals surface area contributed by atoms with Crippen LogP contribution >= 0.6 is 0 Å². The molecule has 0 aliphatic heterocycles. The predicted octanol–water partition coefficient (Wildman–Crippen LogP) is 16.3. The number of fused-ring (bicyclic) bond motifs is 7. The van der Waals surface area contributed by atoms with E-state index >= 15 is 0 Å². The molecule has 2 heterocycles. The van der Waals surface area contributed by atoms with Gasteiger partial charge in [0, 0.05) is 49.9 Å². The summed E-state index contributed by atoms with van der Waals surface area (Å²) in [6.45, 7) is 0. The number of rotatable bonds is 7. The fourth-order valence-electron chi connectivity index (χ4n) is 9.23. The highest BCUT2D eigenvalue weighted by molar-refractivity contribution is 6.10. The summed E-state index contributed by atoms with van der Waals surface area (Å²) in [5.74, 6) is 0. The lowest BCUT2D eigenvalue weighted by atomic mass is 9.99. The summed E-state index contributed by atoms with van der Waals surface area (Å²) >= 11 is 0. The monoisotopic (exact) mass is 778 g/mol. The molecule has 12 aromatic rings. The predicted molar refractivity (Wildman–Crippen MR) is 257 cm³/mol. The first-order valence-electron chi connectivity index (χ1n) is 20.8. The minimum Gasteiger partial charge on any atom is -0.455 e. The summed E-state index contributed by atoms with van der Waals surface area (Å²) in [5.41, 5.74) is 15.5. The van der Waals surface area contributed by atoms with Crippen molar-refractivity contribution >= 4 is 71.6 Å². The number of hydrogen-bond acceptors (Lipinski definition) is 2. The van der Waals surface area contributed by atoms with Crippen LogP contribution in [0.2, 0.25) is 0 Å². The maximum Gasteiger partial charge on any atom is 0.143 e. The molecule has 3 nitrogen and oxygen atoms in total. The summed E-state index contributed by atoms with van der Waals surface area (Å²) in [4.78, 5) is 2.36. The Morgan fingerprint density at radius 3 is 1.64 bits per heavy atom. The van der Waals surface area contributed by atoms with Crippen LogP contribution in [0.1, 0.15) is 0 Å². The quantitative estimate of drug-likeness (QED) is 0.161. The van der Waals surface area contributed by atoms with Crippen molar-refractivity contribution in [3.63, 3.8) is 0 Å². The number of aromatic nitrogens is 1. The van der Waals surface area contributed by atoms with Crippen molar-refractivity contribution in [2.24, 2.45) is 0 Å². The Bertz CT molecular complexity index is 3540. The maximum absolute atomic E-state index is 6.44. The van der Waals surface area contributed by atoms with Crippen molar-refractivity contribution in [3.05, 3.63) is 231 Å². The van der Waals surface area contributed by atoms with Crippen molar-refractivity contribution < 1.29 is 4.42 Å². The van der Waals surface area contributed by atoms with E-state index < -0.39 is 0 Å². The van der Waals surface area contributed by atoms with E-state index in [9.17, 15) is 0 Å². The second-order valence-corrected chi connectivity index (χ2v) is 15.7. The highest BCUT2D eigenvalue weighted by Crippen LogP contribution is 2.41. The third-order valence-electron chi connectivity index (χ3n) is 12.2. The van der Waals surface area contributed by atoms with Crippen molar-refractivity contribution in [2.75, 3.05) is 4.90 Å². The topological polar surface area (TPSA) is 21.3 Å². The van der Waals surface area contributed by atoms with Crippen LogP contribution in [-0.2, 0) is 0 Å². The minimum absolute atomic E-state index is 0.904. The van der Waals surface area contributed by atoms with Crippen LogP contribution in [-0.4, -0.2) is 4.57 Å². The van der Waals surface area contributed by atoms with Gasteiger partial charge in [-0.2, -0.15) is 0 Å². The lowest BCUT2D eigenvalue weighted by Crippen LogP contribution is -2.10. The molecule has 0 N–H and O–H groups in total. The van der Waals surface area contributed by atoms with Crippen molar-refractivity contribution in [1.29, 1.82) is 0 Å². The van der Waals surface area contributed by atoms with Gasteiger partial charge in [0.1, 0.15) is 11.2 Å². The summed E-state index contributed by atoms with van der Waals surface area (Å²) in [6, 6.07) is 82.9. The second-order valence-electron chi connectivity index (χ2n) is 15.7. The Morgan fingerprint density at radius 1 is 0.328 bits per heavy atom. The molecule has 0 spiro atoms. The van der Waals surface area contributed by atoms with Gasteiger partial charge in [-0.3, -0.25) is 0 Å². The molecule has 3 heteroatoms.